The van der Waals surface area contributed by atoms with E-state index in [9.17, 15) is 13.2 Å². The van der Waals surface area contributed by atoms with Crippen molar-refractivity contribution in [2.45, 2.75) is 46.0 Å². The third-order valence-electron chi connectivity index (χ3n) is 6.53. The van der Waals surface area contributed by atoms with Crippen molar-refractivity contribution in [2.75, 3.05) is 44.6 Å². The van der Waals surface area contributed by atoms with E-state index < -0.39 is 32.0 Å². The SMILES string of the molecule is CN(C)c1ccc(S(OS(=O)(=O)c2ccccc2)(c2ccc(OCC(=O)OC(C)(C)C)cc2)c2ccc(N(C)C)cc2)cc1. The predicted octanol–water partition coefficient (Wildman–Crippen LogP) is 7.14. The molecule has 0 unspecified atom stereocenters. The molecule has 0 bridgehead atoms. The van der Waals surface area contributed by atoms with Gasteiger partial charge in [0.25, 0.3) is 0 Å². The van der Waals surface area contributed by atoms with Gasteiger partial charge in [0.2, 0.25) is 0 Å². The van der Waals surface area contributed by atoms with E-state index in [1.165, 1.54) is 12.1 Å². The van der Waals surface area contributed by atoms with Crippen LogP contribution in [0.25, 0.3) is 0 Å². The van der Waals surface area contributed by atoms with Crippen molar-refractivity contribution in [3.8, 4) is 5.75 Å². The highest BCUT2D eigenvalue weighted by molar-refractivity contribution is 8.33. The van der Waals surface area contributed by atoms with Crippen LogP contribution in [-0.4, -0.2) is 54.8 Å². The summed E-state index contributed by atoms with van der Waals surface area (Å²) in [6.45, 7) is 5.12. The van der Waals surface area contributed by atoms with E-state index in [0.29, 0.717) is 20.4 Å². The number of ether oxygens (including phenoxy) is 2. The van der Waals surface area contributed by atoms with Gasteiger partial charge in [-0.15, -0.1) is 0 Å². The molecule has 0 aromatic heterocycles. The number of rotatable bonds is 11. The summed E-state index contributed by atoms with van der Waals surface area (Å²) < 4.78 is 45.5. The molecule has 44 heavy (non-hydrogen) atoms. The lowest BCUT2D eigenvalue weighted by atomic mass is 10.2. The van der Waals surface area contributed by atoms with Gasteiger partial charge in [-0.2, -0.15) is 8.42 Å². The Bertz CT molecular complexity index is 1600. The van der Waals surface area contributed by atoms with Crippen LogP contribution >= 0.6 is 10.3 Å². The van der Waals surface area contributed by atoms with Gasteiger partial charge in [0.1, 0.15) is 11.4 Å². The Kier molecular flexibility index (Phi) is 9.98. The standard InChI is InChI=1S/C34H40N2O6S2/c1-34(2,3)41-33(37)25-40-28-17-23-31(24-18-28)43(29-19-13-26(14-20-29)35(4)5,30-21-15-27(16-22-30)36(6)7)42-44(38,39)32-11-9-8-10-12-32/h8-24H,25H2,1-7H3. The van der Waals surface area contributed by atoms with Gasteiger partial charge < -0.3 is 19.3 Å². The molecule has 0 aliphatic carbocycles. The molecule has 0 fully saturated rings. The summed E-state index contributed by atoms with van der Waals surface area (Å²) in [5.41, 5.74) is 1.29. The molecule has 0 aliphatic rings. The summed E-state index contributed by atoms with van der Waals surface area (Å²) in [5.74, 6) is -0.0504. The Morgan fingerprint density at radius 1 is 0.636 bits per heavy atom. The second-order valence-electron chi connectivity index (χ2n) is 11.5. The summed E-state index contributed by atoms with van der Waals surface area (Å²) in [7, 11) is 0.675. The predicted molar refractivity (Wildman–Crippen MR) is 176 cm³/mol. The Hall–Kier alpha value is -3.99. The van der Waals surface area contributed by atoms with Crippen LogP contribution in [0.2, 0.25) is 0 Å². The van der Waals surface area contributed by atoms with Gasteiger partial charge in [-0.05, 0) is 116 Å². The quantitative estimate of drug-likeness (QED) is 0.161. The first-order chi connectivity index (χ1) is 20.7. The Morgan fingerprint density at radius 2 is 1.07 bits per heavy atom. The smallest absolute Gasteiger partial charge is 0.344 e. The van der Waals surface area contributed by atoms with Crippen LogP contribution in [0.15, 0.2) is 123 Å². The molecule has 0 N–H and O–H groups in total. The van der Waals surface area contributed by atoms with Crippen LogP contribution in [0.3, 0.4) is 0 Å². The minimum absolute atomic E-state index is 0.0593. The normalized spacial score (nSPS) is 12.3. The van der Waals surface area contributed by atoms with Crippen molar-refractivity contribution in [3.05, 3.63) is 103 Å². The maximum atomic E-state index is 14.0. The topological polar surface area (TPSA) is 85.4 Å². The lowest BCUT2D eigenvalue weighted by Crippen LogP contribution is -2.27. The maximum Gasteiger partial charge on any atom is 0.344 e. The van der Waals surface area contributed by atoms with Crippen molar-refractivity contribution in [1.82, 2.24) is 0 Å². The number of esters is 1. The molecule has 0 aliphatic heterocycles. The number of anilines is 2. The van der Waals surface area contributed by atoms with Gasteiger partial charge in [-0.3, -0.25) is 0 Å². The molecule has 0 heterocycles. The second-order valence-corrected chi connectivity index (χ2v) is 16.0. The summed E-state index contributed by atoms with van der Waals surface area (Å²) in [6.07, 6.45) is 0. The number of nitrogens with zero attached hydrogens (tertiary/aromatic N) is 2. The van der Waals surface area contributed by atoms with Crippen molar-refractivity contribution in [2.24, 2.45) is 0 Å². The number of carbonyl (C=O) groups is 1. The van der Waals surface area contributed by atoms with Crippen LogP contribution in [0, 0.1) is 0 Å². The van der Waals surface area contributed by atoms with Gasteiger partial charge in [-0.25, -0.2) is 8.42 Å². The third-order valence-corrected chi connectivity index (χ3v) is 11.7. The molecule has 10 heteroatoms. The molecule has 234 valence electrons. The van der Waals surface area contributed by atoms with Crippen LogP contribution in [-0.2, 0) is 23.3 Å². The first-order valence-corrected chi connectivity index (χ1v) is 17.0. The Labute approximate surface area is 262 Å². The molecule has 4 aromatic carbocycles. The number of benzene rings is 4. The van der Waals surface area contributed by atoms with E-state index in [4.69, 9.17) is 13.1 Å². The fourth-order valence-corrected chi connectivity index (χ4v) is 9.60. The highest BCUT2D eigenvalue weighted by Gasteiger charge is 2.38. The lowest BCUT2D eigenvalue weighted by molar-refractivity contribution is -0.157. The summed E-state index contributed by atoms with van der Waals surface area (Å²) >= 11 is 0. The van der Waals surface area contributed by atoms with Crippen molar-refractivity contribution < 1.29 is 26.3 Å². The average Bonchev–Trinajstić information content (AvgIpc) is 2.99. The van der Waals surface area contributed by atoms with Crippen LogP contribution in [0.4, 0.5) is 11.4 Å². The second kappa shape index (κ2) is 13.3. The van der Waals surface area contributed by atoms with Crippen molar-refractivity contribution in [3.63, 3.8) is 0 Å². The number of carbonyl (C=O) groups excluding carboxylic acids is 1. The number of hydrogen-bond acceptors (Lipinski definition) is 8. The molecule has 0 amide bonds. The first-order valence-electron chi connectivity index (χ1n) is 14.1. The van der Waals surface area contributed by atoms with Gasteiger partial charge in [0.15, 0.2) is 6.61 Å². The van der Waals surface area contributed by atoms with E-state index in [0.717, 1.165) is 11.4 Å². The summed E-state index contributed by atoms with van der Waals surface area (Å²) in [6, 6.07) is 30.6. The molecular weight excluding hydrogens is 597 g/mol. The van der Waals surface area contributed by atoms with E-state index >= 15 is 0 Å². The van der Waals surface area contributed by atoms with E-state index in [1.807, 2.05) is 86.5 Å². The van der Waals surface area contributed by atoms with Gasteiger partial charge >= 0.3 is 16.1 Å². The molecule has 4 aromatic rings. The minimum atomic E-state index is -4.24. The molecule has 0 spiro atoms. The van der Waals surface area contributed by atoms with E-state index in [-0.39, 0.29) is 11.5 Å². The third kappa shape index (κ3) is 7.74. The molecule has 0 atom stereocenters. The van der Waals surface area contributed by atoms with Crippen LogP contribution in [0.1, 0.15) is 20.8 Å². The highest BCUT2D eigenvalue weighted by Crippen LogP contribution is 2.70. The monoisotopic (exact) mass is 636 g/mol. The van der Waals surface area contributed by atoms with Gasteiger partial charge in [0.05, 0.1) is 4.90 Å². The molecule has 4 rings (SSSR count). The zero-order chi connectivity index (χ0) is 32.1. The van der Waals surface area contributed by atoms with Crippen LogP contribution < -0.4 is 14.5 Å². The minimum Gasteiger partial charge on any atom is -0.482 e. The Balaban J connectivity index is 1.88. The van der Waals surface area contributed by atoms with Crippen molar-refractivity contribution >= 4 is 37.8 Å². The first kappa shape index (κ1) is 32.9. The molecule has 8 nitrogen and oxygen atoms in total. The lowest BCUT2D eigenvalue weighted by Gasteiger charge is -2.39. The highest BCUT2D eigenvalue weighted by atomic mass is 32.3. The zero-order valence-corrected chi connectivity index (χ0v) is 27.8. The van der Waals surface area contributed by atoms with Crippen LogP contribution in [0.5, 0.6) is 5.75 Å². The zero-order valence-electron chi connectivity index (χ0n) is 26.2. The molecule has 0 saturated carbocycles. The molecular formula is C34H40N2O6S2. The van der Waals surface area contributed by atoms with E-state index in [2.05, 4.69) is 0 Å². The average molecular weight is 637 g/mol. The van der Waals surface area contributed by atoms with Gasteiger partial charge in [-0.1, -0.05) is 18.2 Å². The molecule has 0 saturated heterocycles. The van der Waals surface area contributed by atoms with Crippen molar-refractivity contribution in [1.29, 1.82) is 0 Å². The maximum absolute atomic E-state index is 14.0. The van der Waals surface area contributed by atoms with E-state index in [1.54, 1.807) is 63.2 Å². The number of hydrogen-bond donors (Lipinski definition) is 0. The fraction of sp³-hybridized carbons (Fsp3) is 0.265. The summed E-state index contributed by atoms with van der Waals surface area (Å²) in [4.78, 5) is 18.3. The van der Waals surface area contributed by atoms with Gasteiger partial charge in [0, 0.05) is 54.3 Å². The largest absolute Gasteiger partial charge is 0.482 e. The Morgan fingerprint density at radius 3 is 1.48 bits per heavy atom. The fourth-order valence-electron chi connectivity index (χ4n) is 4.40. The molecule has 0 radical (unpaired) electrons. The summed E-state index contributed by atoms with van der Waals surface area (Å²) in [5, 5.41) is 0.